The quantitative estimate of drug-likeness (QED) is 0.496. The highest BCUT2D eigenvalue weighted by molar-refractivity contribution is 5.66. The summed E-state index contributed by atoms with van der Waals surface area (Å²) in [5, 5.41) is 0. The third-order valence-electron chi connectivity index (χ3n) is 4.03. The van der Waals surface area contributed by atoms with Crippen LogP contribution in [-0.2, 0) is 0 Å². The van der Waals surface area contributed by atoms with Crippen LogP contribution < -0.4 is 0 Å². The van der Waals surface area contributed by atoms with Crippen LogP contribution in [0.3, 0.4) is 0 Å². The van der Waals surface area contributed by atoms with E-state index in [-0.39, 0.29) is 0 Å². The van der Waals surface area contributed by atoms with Gasteiger partial charge in [0.25, 0.3) is 0 Å². The highest BCUT2D eigenvalue weighted by Crippen LogP contribution is 2.20. The summed E-state index contributed by atoms with van der Waals surface area (Å²) in [6, 6.07) is 8.59. The van der Waals surface area contributed by atoms with E-state index in [9.17, 15) is 0 Å². The number of hydrogen-bond acceptors (Lipinski definition) is 1. The number of hydrogen-bond donors (Lipinski definition) is 0. The first kappa shape index (κ1) is 19.0. The van der Waals surface area contributed by atoms with Crippen molar-refractivity contribution in [3.63, 3.8) is 0 Å². The lowest BCUT2D eigenvalue weighted by molar-refractivity contribution is 0.425. The third-order valence-corrected chi connectivity index (χ3v) is 4.03. The molecule has 0 saturated heterocycles. The summed E-state index contributed by atoms with van der Waals surface area (Å²) in [6.07, 6.45) is 6.65. The van der Waals surface area contributed by atoms with Gasteiger partial charge in [-0.2, -0.15) is 0 Å². The summed E-state index contributed by atoms with van der Waals surface area (Å²) < 4.78 is 0. The van der Waals surface area contributed by atoms with Crippen LogP contribution in [0.4, 0.5) is 0 Å². The predicted molar refractivity (Wildman–Crippen MR) is 104 cm³/mol. The fourth-order valence-corrected chi connectivity index (χ4v) is 2.42. The van der Waals surface area contributed by atoms with E-state index in [0.29, 0.717) is 0 Å². The van der Waals surface area contributed by atoms with E-state index in [2.05, 4.69) is 82.2 Å². The van der Waals surface area contributed by atoms with Gasteiger partial charge in [0.15, 0.2) is 0 Å². The fourth-order valence-electron chi connectivity index (χ4n) is 2.42. The lowest BCUT2D eigenvalue weighted by atomic mass is 10.0. The first-order valence-corrected chi connectivity index (χ1v) is 8.41. The predicted octanol–water partition coefficient (Wildman–Crippen LogP) is 6.49. The molecular formula is C22H31N. The van der Waals surface area contributed by atoms with Crippen LogP contribution in [0.5, 0.6) is 0 Å². The first-order valence-electron chi connectivity index (χ1n) is 8.41. The maximum atomic E-state index is 4.26. The van der Waals surface area contributed by atoms with Gasteiger partial charge in [-0.25, -0.2) is 0 Å². The van der Waals surface area contributed by atoms with E-state index >= 15 is 0 Å². The van der Waals surface area contributed by atoms with Crippen molar-refractivity contribution in [3.8, 4) is 0 Å². The topological polar surface area (TPSA) is 3.24 Å². The minimum atomic E-state index is 0.983. The Bertz CT molecular complexity index is 617. The van der Waals surface area contributed by atoms with Gasteiger partial charge in [-0.1, -0.05) is 68.5 Å². The molecule has 0 spiro atoms. The second kappa shape index (κ2) is 9.19. The maximum absolute atomic E-state index is 4.26. The third kappa shape index (κ3) is 5.94. The van der Waals surface area contributed by atoms with Gasteiger partial charge in [0.05, 0.1) is 0 Å². The van der Waals surface area contributed by atoms with Crippen molar-refractivity contribution in [2.45, 2.75) is 47.5 Å². The van der Waals surface area contributed by atoms with Crippen molar-refractivity contribution in [1.29, 1.82) is 0 Å². The summed E-state index contributed by atoms with van der Waals surface area (Å²) in [4.78, 5) is 2.21. The van der Waals surface area contributed by atoms with Gasteiger partial charge in [0, 0.05) is 17.9 Å². The van der Waals surface area contributed by atoms with Crippen LogP contribution in [0.2, 0.25) is 0 Å². The zero-order valence-corrected chi connectivity index (χ0v) is 15.4. The van der Waals surface area contributed by atoms with Gasteiger partial charge in [0.1, 0.15) is 0 Å². The van der Waals surface area contributed by atoms with E-state index in [1.807, 2.05) is 6.92 Å². The van der Waals surface area contributed by atoms with Gasteiger partial charge in [0.2, 0.25) is 0 Å². The molecule has 0 N–H and O–H groups in total. The van der Waals surface area contributed by atoms with Crippen LogP contribution in [0.15, 0.2) is 66.5 Å². The molecule has 0 bridgehead atoms. The van der Waals surface area contributed by atoms with Crippen molar-refractivity contribution in [2.75, 3.05) is 6.54 Å². The minimum absolute atomic E-state index is 0.983. The number of nitrogens with zero attached hydrogens (tertiary/aromatic N) is 1. The van der Waals surface area contributed by atoms with Gasteiger partial charge in [-0.15, -0.1) is 0 Å². The molecule has 0 aromatic heterocycles. The van der Waals surface area contributed by atoms with Crippen LogP contribution in [-0.4, -0.2) is 11.4 Å². The molecule has 0 aliphatic rings. The average molecular weight is 309 g/mol. The Morgan fingerprint density at radius 3 is 2.39 bits per heavy atom. The summed E-state index contributed by atoms with van der Waals surface area (Å²) in [6.45, 7) is 20.0. The van der Waals surface area contributed by atoms with Crippen LogP contribution in [0.1, 0.15) is 51.7 Å². The Hall–Kier alpha value is -2.02. The zero-order chi connectivity index (χ0) is 17.4. The summed E-state index contributed by atoms with van der Waals surface area (Å²) >= 11 is 0. The Labute approximate surface area is 142 Å². The average Bonchev–Trinajstić information content (AvgIpc) is 2.52. The number of unbranched alkanes of at least 4 members (excludes halogenated alkanes) is 1. The molecule has 1 nitrogen and oxygen atoms in total. The van der Waals surface area contributed by atoms with E-state index in [4.69, 9.17) is 0 Å². The number of aryl methyl sites for hydroxylation is 1. The van der Waals surface area contributed by atoms with E-state index in [1.54, 1.807) is 0 Å². The summed E-state index contributed by atoms with van der Waals surface area (Å²) in [7, 11) is 0. The number of benzene rings is 1. The monoisotopic (exact) mass is 309 g/mol. The van der Waals surface area contributed by atoms with Gasteiger partial charge >= 0.3 is 0 Å². The molecule has 0 aliphatic carbocycles. The summed E-state index contributed by atoms with van der Waals surface area (Å²) in [5.74, 6) is 0. The van der Waals surface area contributed by atoms with Gasteiger partial charge in [-0.05, 0) is 50.8 Å². The second-order valence-electron chi connectivity index (χ2n) is 6.26. The molecule has 0 unspecified atom stereocenters. The van der Waals surface area contributed by atoms with Gasteiger partial charge in [-0.3, -0.25) is 0 Å². The molecule has 0 radical (unpaired) electrons. The number of allylic oxidation sites excluding steroid dienone is 5. The standard InChI is InChI=1S/C22H31N/c1-8-9-15-23(17(2)3)21(7)19(5)13-14-20(6)22-12-10-11-18(4)16-22/h10-14,16H,2,7-9,15H2,1,3-6H3/b19-13-,20-14+. The van der Waals surface area contributed by atoms with Crippen molar-refractivity contribution in [1.82, 2.24) is 4.90 Å². The Balaban J connectivity index is 2.91. The molecule has 0 heterocycles. The maximum Gasteiger partial charge on any atom is 0.0364 e. The second-order valence-corrected chi connectivity index (χ2v) is 6.26. The van der Waals surface area contributed by atoms with Crippen molar-refractivity contribution < 1.29 is 0 Å². The Kier molecular flexibility index (Phi) is 7.61. The molecule has 0 amide bonds. The lowest BCUT2D eigenvalue weighted by Gasteiger charge is -2.27. The highest BCUT2D eigenvalue weighted by Gasteiger charge is 2.09. The van der Waals surface area contributed by atoms with Crippen molar-refractivity contribution in [3.05, 3.63) is 77.7 Å². The SMILES string of the molecule is C=C(C)N(CCCC)C(=C)/C(C)=C\C=C(/C)c1cccc(C)c1. The molecule has 0 fully saturated rings. The smallest absolute Gasteiger partial charge is 0.0364 e. The molecule has 1 heteroatoms. The number of rotatable bonds is 8. The molecular weight excluding hydrogens is 278 g/mol. The van der Waals surface area contributed by atoms with Crippen LogP contribution >= 0.6 is 0 Å². The van der Waals surface area contributed by atoms with Crippen molar-refractivity contribution >= 4 is 5.57 Å². The van der Waals surface area contributed by atoms with Crippen LogP contribution in [0, 0.1) is 6.92 Å². The Morgan fingerprint density at radius 1 is 1.13 bits per heavy atom. The molecule has 1 aromatic rings. The largest absolute Gasteiger partial charge is 0.346 e. The first-order chi connectivity index (χ1) is 10.9. The molecule has 0 saturated carbocycles. The highest BCUT2D eigenvalue weighted by atomic mass is 15.1. The minimum Gasteiger partial charge on any atom is -0.346 e. The van der Waals surface area contributed by atoms with Gasteiger partial charge < -0.3 is 4.90 Å². The zero-order valence-electron chi connectivity index (χ0n) is 15.4. The van der Waals surface area contributed by atoms with E-state index < -0.39 is 0 Å². The lowest BCUT2D eigenvalue weighted by Crippen LogP contribution is -2.21. The van der Waals surface area contributed by atoms with Crippen molar-refractivity contribution in [2.24, 2.45) is 0 Å². The normalized spacial score (nSPS) is 12.2. The molecule has 0 atom stereocenters. The summed E-state index contributed by atoms with van der Waals surface area (Å²) in [5.41, 5.74) is 7.08. The van der Waals surface area contributed by atoms with E-state index in [1.165, 1.54) is 28.7 Å². The Morgan fingerprint density at radius 2 is 1.83 bits per heavy atom. The molecule has 1 rings (SSSR count). The fraction of sp³-hybridized carbons (Fsp3) is 0.364. The van der Waals surface area contributed by atoms with Crippen LogP contribution in [0.25, 0.3) is 5.57 Å². The molecule has 0 aliphatic heterocycles. The van der Waals surface area contributed by atoms with E-state index in [0.717, 1.165) is 24.4 Å². The molecule has 23 heavy (non-hydrogen) atoms. The molecule has 124 valence electrons. The molecule has 1 aromatic carbocycles.